The van der Waals surface area contributed by atoms with Crippen LogP contribution in [0.25, 0.3) is 22.2 Å². The maximum Gasteiger partial charge on any atom is 0.336 e. The molecule has 0 atom stereocenters. The molecule has 3 rings (SSSR count). The number of carboxylic acid groups (broad SMARTS) is 1. The van der Waals surface area contributed by atoms with Crippen LogP contribution in [0.4, 0.5) is 0 Å². The van der Waals surface area contributed by atoms with E-state index in [1.807, 2.05) is 31.2 Å². The van der Waals surface area contributed by atoms with E-state index in [1.54, 1.807) is 31.4 Å². The molecular formula is C19H17NO4. The number of benzene rings is 2. The van der Waals surface area contributed by atoms with E-state index in [-0.39, 0.29) is 5.56 Å². The predicted octanol–water partition coefficient (Wildman–Crippen LogP) is 4.01. The van der Waals surface area contributed by atoms with Gasteiger partial charge in [0.15, 0.2) is 0 Å². The molecule has 3 aromatic rings. The third-order valence-corrected chi connectivity index (χ3v) is 3.69. The highest BCUT2D eigenvalue weighted by molar-refractivity contribution is 6.04. The molecule has 0 bridgehead atoms. The second kappa shape index (κ2) is 6.58. The molecule has 1 heterocycles. The lowest BCUT2D eigenvalue weighted by Gasteiger charge is -2.10. The van der Waals surface area contributed by atoms with Crippen molar-refractivity contribution in [3.8, 4) is 22.8 Å². The van der Waals surface area contributed by atoms with Gasteiger partial charge in [-0.05, 0) is 43.3 Å². The zero-order valence-electron chi connectivity index (χ0n) is 13.4. The summed E-state index contributed by atoms with van der Waals surface area (Å²) in [7, 11) is 1.59. The number of carboxylic acids is 1. The van der Waals surface area contributed by atoms with Crippen molar-refractivity contribution in [3.05, 3.63) is 54.1 Å². The minimum absolute atomic E-state index is 0.194. The molecular weight excluding hydrogens is 306 g/mol. The summed E-state index contributed by atoms with van der Waals surface area (Å²) in [6.45, 7) is 2.40. The first-order valence-corrected chi connectivity index (χ1v) is 7.57. The van der Waals surface area contributed by atoms with Gasteiger partial charge in [-0.15, -0.1) is 0 Å². The van der Waals surface area contributed by atoms with Crippen LogP contribution in [0.2, 0.25) is 0 Å². The fourth-order valence-electron chi connectivity index (χ4n) is 2.57. The molecule has 24 heavy (non-hydrogen) atoms. The van der Waals surface area contributed by atoms with Crippen LogP contribution in [0.5, 0.6) is 11.5 Å². The second-order valence-electron chi connectivity index (χ2n) is 5.20. The van der Waals surface area contributed by atoms with Crippen LogP contribution in [0, 0.1) is 0 Å². The van der Waals surface area contributed by atoms with Gasteiger partial charge >= 0.3 is 5.97 Å². The SMILES string of the molecule is CCOc1ccc2nc(-c3cccc(OC)c3)cc(C(=O)O)c2c1. The molecule has 0 aliphatic heterocycles. The molecule has 0 amide bonds. The molecule has 2 aromatic carbocycles. The third-order valence-electron chi connectivity index (χ3n) is 3.69. The minimum atomic E-state index is -1.000. The Kier molecular flexibility index (Phi) is 4.33. The largest absolute Gasteiger partial charge is 0.497 e. The highest BCUT2D eigenvalue weighted by Gasteiger charge is 2.14. The Balaban J connectivity index is 2.20. The average Bonchev–Trinajstić information content (AvgIpc) is 2.61. The number of hydrogen-bond donors (Lipinski definition) is 1. The quantitative estimate of drug-likeness (QED) is 0.768. The first kappa shape index (κ1) is 15.8. The van der Waals surface area contributed by atoms with Crippen molar-refractivity contribution in [2.75, 3.05) is 13.7 Å². The van der Waals surface area contributed by atoms with Crippen LogP contribution in [-0.4, -0.2) is 29.8 Å². The molecule has 5 heteroatoms. The number of hydrogen-bond acceptors (Lipinski definition) is 4. The van der Waals surface area contributed by atoms with Gasteiger partial charge in [0.05, 0.1) is 30.5 Å². The number of methoxy groups -OCH3 is 1. The van der Waals surface area contributed by atoms with Gasteiger partial charge in [0.25, 0.3) is 0 Å². The molecule has 5 nitrogen and oxygen atoms in total. The highest BCUT2D eigenvalue weighted by Crippen LogP contribution is 2.29. The summed E-state index contributed by atoms with van der Waals surface area (Å²) in [6, 6.07) is 14.2. The van der Waals surface area contributed by atoms with E-state index in [4.69, 9.17) is 9.47 Å². The van der Waals surface area contributed by atoms with Crippen molar-refractivity contribution in [2.45, 2.75) is 6.92 Å². The normalized spacial score (nSPS) is 10.6. The topological polar surface area (TPSA) is 68.7 Å². The number of pyridine rings is 1. The Morgan fingerprint density at radius 1 is 1.12 bits per heavy atom. The fourth-order valence-corrected chi connectivity index (χ4v) is 2.57. The first-order chi connectivity index (χ1) is 11.6. The van der Waals surface area contributed by atoms with E-state index in [9.17, 15) is 9.90 Å². The standard InChI is InChI=1S/C19H17NO4/c1-3-24-14-7-8-17-15(10-14)16(19(21)22)11-18(20-17)12-5-4-6-13(9-12)23-2/h4-11H,3H2,1-2H3,(H,21,22). The number of rotatable bonds is 5. The predicted molar refractivity (Wildman–Crippen MR) is 91.9 cm³/mol. The monoisotopic (exact) mass is 323 g/mol. The smallest absolute Gasteiger partial charge is 0.336 e. The summed E-state index contributed by atoms with van der Waals surface area (Å²) >= 11 is 0. The molecule has 1 aromatic heterocycles. The maximum atomic E-state index is 11.7. The highest BCUT2D eigenvalue weighted by atomic mass is 16.5. The van der Waals surface area contributed by atoms with Gasteiger partial charge in [-0.3, -0.25) is 0 Å². The molecule has 0 unspecified atom stereocenters. The molecule has 0 aliphatic carbocycles. The summed E-state index contributed by atoms with van der Waals surface area (Å²) in [5.41, 5.74) is 2.19. The van der Waals surface area contributed by atoms with E-state index < -0.39 is 5.97 Å². The molecule has 122 valence electrons. The van der Waals surface area contributed by atoms with Crippen LogP contribution >= 0.6 is 0 Å². The molecule has 0 aliphatic rings. The molecule has 0 spiro atoms. The second-order valence-corrected chi connectivity index (χ2v) is 5.20. The van der Waals surface area contributed by atoms with Gasteiger partial charge in [0.1, 0.15) is 11.5 Å². The Hall–Kier alpha value is -3.08. The Morgan fingerprint density at radius 3 is 2.67 bits per heavy atom. The zero-order valence-corrected chi connectivity index (χ0v) is 13.4. The van der Waals surface area contributed by atoms with Crippen molar-refractivity contribution in [1.82, 2.24) is 4.98 Å². The molecule has 0 saturated heterocycles. The molecule has 0 radical (unpaired) electrons. The van der Waals surface area contributed by atoms with Crippen molar-refractivity contribution in [1.29, 1.82) is 0 Å². The maximum absolute atomic E-state index is 11.7. The van der Waals surface area contributed by atoms with Crippen molar-refractivity contribution >= 4 is 16.9 Å². The summed E-state index contributed by atoms with van der Waals surface area (Å²) in [4.78, 5) is 16.3. The number of fused-ring (bicyclic) bond motifs is 1. The van der Waals surface area contributed by atoms with Crippen LogP contribution in [0.1, 0.15) is 17.3 Å². The van der Waals surface area contributed by atoms with E-state index in [2.05, 4.69) is 4.98 Å². The van der Waals surface area contributed by atoms with Crippen LogP contribution in [0.3, 0.4) is 0 Å². The van der Waals surface area contributed by atoms with Gasteiger partial charge in [-0.2, -0.15) is 0 Å². The van der Waals surface area contributed by atoms with Gasteiger partial charge < -0.3 is 14.6 Å². The Morgan fingerprint density at radius 2 is 1.96 bits per heavy atom. The summed E-state index contributed by atoms with van der Waals surface area (Å²) in [5.74, 6) is 0.321. The van der Waals surface area contributed by atoms with E-state index >= 15 is 0 Å². The van der Waals surface area contributed by atoms with E-state index in [1.165, 1.54) is 0 Å². The summed E-state index contributed by atoms with van der Waals surface area (Å²) in [6.07, 6.45) is 0. The fraction of sp³-hybridized carbons (Fsp3) is 0.158. The third kappa shape index (κ3) is 3.01. The lowest BCUT2D eigenvalue weighted by Crippen LogP contribution is -2.01. The van der Waals surface area contributed by atoms with Crippen molar-refractivity contribution < 1.29 is 19.4 Å². The van der Waals surface area contributed by atoms with Crippen molar-refractivity contribution in [3.63, 3.8) is 0 Å². The number of carbonyl (C=O) groups is 1. The zero-order chi connectivity index (χ0) is 17.1. The van der Waals surface area contributed by atoms with Crippen LogP contribution in [0.15, 0.2) is 48.5 Å². The molecule has 0 saturated carbocycles. The number of aromatic nitrogens is 1. The summed E-state index contributed by atoms with van der Waals surface area (Å²) in [5, 5.41) is 10.1. The Bertz CT molecular complexity index is 905. The van der Waals surface area contributed by atoms with Gasteiger partial charge in [-0.1, -0.05) is 12.1 Å². The van der Waals surface area contributed by atoms with Crippen molar-refractivity contribution in [2.24, 2.45) is 0 Å². The number of aromatic carboxylic acids is 1. The minimum Gasteiger partial charge on any atom is -0.497 e. The van der Waals surface area contributed by atoms with E-state index in [0.717, 1.165) is 5.56 Å². The average molecular weight is 323 g/mol. The molecule has 0 fully saturated rings. The lowest BCUT2D eigenvalue weighted by molar-refractivity contribution is 0.0699. The van der Waals surface area contributed by atoms with Gasteiger partial charge in [-0.25, -0.2) is 9.78 Å². The van der Waals surface area contributed by atoms with E-state index in [0.29, 0.717) is 34.7 Å². The number of nitrogens with zero attached hydrogens (tertiary/aromatic N) is 1. The van der Waals surface area contributed by atoms with Gasteiger partial charge in [0.2, 0.25) is 0 Å². The lowest BCUT2D eigenvalue weighted by atomic mass is 10.0. The van der Waals surface area contributed by atoms with Crippen LogP contribution in [-0.2, 0) is 0 Å². The van der Waals surface area contributed by atoms with Crippen LogP contribution < -0.4 is 9.47 Å². The molecule has 1 N–H and O–H groups in total. The number of ether oxygens (including phenoxy) is 2. The summed E-state index contributed by atoms with van der Waals surface area (Å²) < 4.78 is 10.7. The Labute approximate surface area is 139 Å². The first-order valence-electron chi connectivity index (χ1n) is 7.57. The van der Waals surface area contributed by atoms with Gasteiger partial charge in [0, 0.05) is 10.9 Å².